The second-order valence-electron chi connectivity index (χ2n) is 2.78. The van der Waals surface area contributed by atoms with Gasteiger partial charge in [0.05, 0.1) is 6.54 Å². The van der Waals surface area contributed by atoms with Gasteiger partial charge in [-0.05, 0) is 6.92 Å². The molecule has 0 spiro atoms. The number of nitrogens with zero attached hydrogens (tertiary/aromatic N) is 1. The van der Waals surface area contributed by atoms with Crippen LogP contribution in [0.2, 0.25) is 0 Å². The Morgan fingerprint density at radius 2 is 2.14 bits per heavy atom. The SMILES string of the molecule is C/C=C/C(=O)OCCN1C(=O)CC1=O. The van der Waals surface area contributed by atoms with Crippen LogP contribution < -0.4 is 0 Å². The van der Waals surface area contributed by atoms with Crippen LogP contribution in [-0.2, 0) is 19.1 Å². The molecule has 0 aliphatic carbocycles. The molecular weight excluding hydrogens is 186 g/mol. The average molecular weight is 197 g/mol. The number of hydrogen-bond acceptors (Lipinski definition) is 4. The quantitative estimate of drug-likeness (QED) is 0.272. The molecule has 1 aliphatic rings. The summed E-state index contributed by atoms with van der Waals surface area (Å²) in [5.74, 6) is -0.887. The summed E-state index contributed by atoms with van der Waals surface area (Å²) in [6.45, 7) is 1.91. The second-order valence-corrected chi connectivity index (χ2v) is 2.78. The van der Waals surface area contributed by atoms with E-state index in [4.69, 9.17) is 4.74 Å². The third kappa shape index (κ3) is 2.42. The van der Waals surface area contributed by atoms with Crippen molar-refractivity contribution in [1.82, 2.24) is 4.90 Å². The van der Waals surface area contributed by atoms with Gasteiger partial charge >= 0.3 is 5.97 Å². The number of carbonyl (C=O) groups excluding carboxylic acids is 3. The molecule has 1 fully saturated rings. The van der Waals surface area contributed by atoms with Crippen molar-refractivity contribution in [3.8, 4) is 0 Å². The zero-order valence-electron chi connectivity index (χ0n) is 7.86. The van der Waals surface area contributed by atoms with Crippen LogP contribution in [0.3, 0.4) is 0 Å². The number of amides is 2. The van der Waals surface area contributed by atoms with Crippen molar-refractivity contribution in [2.75, 3.05) is 13.2 Å². The van der Waals surface area contributed by atoms with Crippen LogP contribution in [0.5, 0.6) is 0 Å². The number of carbonyl (C=O) groups is 3. The van der Waals surface area contributed by atoms with E-state index in [9.17, 15) is 14.4 Å². The third-order valence-electron chi connectivity index (χ3n) is 1.77. The van der Waals surface area contributed by atoms with Gasteiger partial charge in [-0.25, -0.2) is 4.79 Å². The van der Waals surface area contributed by atoms with Crippen LogP contribution in [0.1, 0.15) is 13.3 Å². The smallest absolute Gasteiger partial charge is 0.330 e. The normalized spacial score (nSPS) is 15.9. The van der Waals surface area contributed by atoms with E-state index in [0.717, 1.165) is 4.90 Å². The number of rotatable bonds is 4. The summed E-state index contributed by atoms with van der Waals surface area (Å²) in [7, 11) is 0. The minimum absolute atomic E-state index is 0.0250. The molecule has 1 heterocycles. The molecule has 1 aliphatic heterocycles. The lowest BCUT2D eigenvalue weighted by molar-refractivity contribution is -0.159. The summed E-state index contributed by atoms with van der Waals surface area (Å²) < 4.78 is 4.71. The standard InChI is InChI=1S/C9H11NO4/c1-2-3-9(13)14-5-4-10-7(11)6-8(10)12/h2-3H,4-6H2,1H3/b3-2+. The minimum Gasteiger partial charge on any atom is -0.461 e. The summed E-state index contributed by atoms with van der Waals surface area (Å²) in [5.41, 5.74) is 0. The van der Waals surface area contributed by atoms with E-state index in [1.807, 2.05) is 0 Å². The van der Waals surface area contributed by atoms with Crippen LogP contribution in [0.15, 0.2) is 12.2 Å². The van der Waals surface area contributed by atoms with Gasteiger partial charge in [0.15, 0.2) is 0 Å². The zero-order valence-corrected chi connectivity index (χ0v) is 7.86. The maximum absolute atomic E-state index is 10.8. The Hall–Kier alpha value is -1.65. The fraction of sp³-hybridized carbons (Fsp3) is 0.444. The van der Waals surface area contributed by atoms with Crippen molar-refractivity contribution >= 4 is 17.8 Å². The number of hydrogen-bond donors (Lipinski definition) is 0. The largest absolute Gasteiger partial charge is 0.461 e. The first kappa shape index (κ1) is 10.4. The monoisotopic (exact) mass is 197 g/mol. The van der Waals surface area contributed by atoms with Crippen molar-refractivity contribution in [3.63, 3.8) is 0 Å². The summed E-state index contributed by atoms with van der Waals surface area (Å²) in [6.07, 6.45) is 2.81. The lowest BCUT2D eigenvalue weighted by atomic mass is 10.2. The number of esters is 1. The molecule has 5 nitrogen and oxygen atoms in total. The molecule has 0 radical (unpaired) electrons. The molecule has 2 amide bonds. The molecule has 0 aromatic heterocycles. The summed E-state index contributed by atoms with van der Waals surface area (Å²) >= 11 is 0. The van der Waals surface area contributed by atoms with Crippen LogP contribution in [0, 0.1) is 0 Å². The Morgan fingerprint density at radius 1 is 1.50 bits per heavy atom. The molecule has 1 saturated heterocycles. The Bertz CT molecular complexity index is 281. The maximum Gasteiger partial charge on any atom is 0.330 e. The third-order valence-corrected chi connectivity index (χ3v) is 1.77. The van der Waals surface area contributed by atoms with E-state index >= 15 is 0 Å². The topological polar surface area (TPSA) is 63.7 Å². The summed E-state index contributed by atoms with van der Waals surface area (Å²) in [5, 5.41) is 0. The van der Waals surface area contributed by atoms with Crippen molar-refractivity contribution in [2.24, 2.45) is 0 Å². The molecule has 14 heavy (non-hydrogen) atoms. The molecule has 0 bridgehead atoms. The van der Waals surface area contributed by atoms with Crippen molar-refractivity contribution in [1.29, 1.82) is 0 Å². The van der Waals surface area contributed by atoms with Gasteiger partial charge in [0.1, 0.15) is 13.0 Å². The molecule has 0 atom stereocenters. The van der Waals surface area contributed by atoms with E-state index < -0.39 is 5.97 Å². The first-order chi connectivity index (χ1) is 6.65. The molecule has 76 valence electrons. The van der Waals surface area contributed by atoms with Crippen LogP contribution in [-0.4, -0.2) is 35.8 Å². The molecule has 0 aromatic carbocycles. The zero-order chi connectivity index (χ0) is 10.6. The van der Waals surface area contributed by atoms with E-state index in [2.05, 4.69) is 0 Å². The molecule has 0 saturated carbocycles. The fourth-order valence-electron chi connectivity index (χ4n) is 1.04. The molecular formula is C9H11NO4. The van der Waals surface area contributed by atoms with E-state index in [1.165, 1.54) is 6.08 Å². The predicted molar refractivity (Wildman–Crippen MR) is 47.1 cm³/mol. The van der Waals surface area contributed by atoms with E-state index in [-0.39, 0.29) is 31.4 Å². The van der Waals surface area contributed by atoms with Crippen LogP contribution in [0.25, 0.3) is 0 Å². The van der Waals surface area contributed by atoms with Gasteiger partial charge in [0, 0.05) is 6.08 Å². The Morgan fingerprint density at radius 3 is 2.64 bits per heavy atom. The van der Waals surface area contributed by atoms with Gasteiger partial charge in [-0.15, -0.1) is 0 Å². The lowest BCUT2D eigenvalue weighted by Gasteiger charge is -2.27. The lowest BCUT2D eigenvalue weighted by Crippen LogP contribution is -2.50. The van der Waals surface area contributed by atoms with E-state index in [0.29, 0.717) is 0 Å². The van der Waals surface area contributed by atoms with Crippen LogP contribution in [0.4, 0.5) is 0 Å². The van der Waals surface area contributed by atoms with E-state index in [1.54, 1.807) is 13.0 Å². The molecule has 5 heteroatoms. The maximum atomic E-state index is 10.8. The summed E-state index contributed by atoms with van der Waals surface area (Å²) in [4.78, 5) is 33.5. The fourth-order valence-corrected chi connectivity index (χ4v) is 1.04. The predicted octanol–water partition coefficient (Wildman–Crippen LogP) is -0.135. The number of imide groups is 1. The summed E-state index contributed by atoms with van der Waals surface area (Å²) in [6, 6.07) is 0. The number of allylic oxidation sites excluding steroid dienone is 1. The minimum atomic E-state index is -0.465. The highest BCUT2D eigenvalue weighted by Crippen LogP contribution is 2.09. The van der Waals surface area contributed by atoms with Crippen molar-refractivity contribution in [2.45, 2.75) is 13.3 Å². The second kappa shape index (κ2) is 4.55. The van der Waals surface area contributed by atoms with Gasteiger partial charge in [-0.2, -0.15) is 0 Å². The van der Waals surface area contributed by atoms with Gasteiger partial charge in [0.25, 0.3) is 0 Å². The Balaban J connectivity index is 2.18. The Labute approximate surface area is 81.3 Å². The van der Waals surface area contributed by atoms with Crippen LogP contribution >= 0.6 is 0 Å². The van der Waals surface area contributed by atoms with Gasteiger partial charge < -0.3 is 4.74 Å². The van der Waals surface area contributed by atoms with Gasteiger partial charge in [0.2, 0.25) is 11.8 Å². The molecule has 0 unspecified atom stereocenters. The first-order valence-electron chi connectivity index (χ1n) is 4.28. The molecule has 0 aromatic rings. The van der Waals surface area contributed by atoms with Crippen molar-refractivity contribution in [3.05, 3.63) is 12.2 Å². The average Bonchev–Trinajstić information content (AvgIpc) is 2.13. The number of ether oxygens (including phenoxy) is 1. The number of likely N-dealkylation sites (tertiary alicyclic amines) is 1. The number of β-lactam (4-membered cyclic amide) rings is 2. The highest BCUT2D eigenvalue weighted by molar-refractivity contribution is 6.14. The molecule has 1 rings (SSSR count). The van der Waals surface area contributed by atoms with Gasteiger partial charge in [-0.1, -0.05) is 6.08 Å². The molecule has 0 N–H and O–H groups in total. The first-order valence-corrected chi connectivity index (χ1v) is 4.28. The van der Waals surface area contributed by atoms with Crippen molar-refractivity contribution < 1.29 is 19.1 Å². The Kier molecular flexibility index (Phi) is 3.39. The highest BCUT2D eigenvalue weighted by Gasteiger charge is 2.33. The highest BCUT2D eigenvalue weighted by atomic mass is 16.5. The van der Waals surface area contributed by atoms with Gasteiger partial charge in [-0.3, -0.25) is 14.5 Å².